The molecular weight excluding hydrogens is 462 g/mol. The number of primary amides is 1. The van der Waals surface area contributed by atoms with Gasteiger partial charge in [0.25, 0.3) is 11.8 Å². The van der Waals surface area contributed by atoms with Gasteiger partial charge in [-0.2, -0.15) is 0 Å². The SMILES string of the molecule is CN(C)Cc1ccc(/C=C/c2c(Cl)cccc2C(=O)NC(Cc2ccccc2)C(=O)C(N)=O)cc1. The molecule has 3 aromatic carbocycles. The summed E-state index contributed by atoms with van der Waals surface area (Å²) in [6.07, 6.45) is 3.77. The molecule has 180 valence electrons. The van der Waals surface area contributed by atoms with Crippen LogP contribution in [0.25, 0.3) is 12.2 Å². The number of amides is 2. The number of nitrogens with two attached hydrogens (primary N) is 1. The number of carbonyl (C=O) groups excluding carboxylic acids is 3. The molecule has 3 rings (SSSR count). The second kappa shape index (κ2) is 12.1. The van der Waals surface area contributed by atoms with Crippen LogP contribution in [0.3, 0.4) is 0 Å². The van der Waals surface area contributed by atoms with Crippen LogP contribution in [0.2, 0.25) is 5.02 Å². The minimum absolute atomic E-state index is 0.138. The van der Waals surface area contributed by atoms with Crippen LogP contribution in [0.4, 0.5) is 0 Å². The molecule has 0 aromatic heterocycles. The van der Waals surface area contributed by atoms with Gasteiger partial charge in [-0.25, -0.2) is 0 Å². The molecule has 0 heterocycles. The first kappa shape index (κ1) is 25.9. The van der Waals surface area contributed by atoms with E-state index in [4.69, 9.17) is 17.3 Å². The first-order chi connectivity index (χ1) is 16.7. The van der Waals surface area contributed by atoms with E-state index in [1.165, 1.54) is 5.56 Å². The molecule has 0 saturated carbocycles. The molecule has 0 radical (unpaired) electrons. The maximum absolute atomic E-state index is 13.2. The summed E-state index contributed by atoms with van der Waals surface area (Å²) < 4.78 is 0. The van der Waals surface area contributed by atoms with Crippen molar-refractivity contribution in [2.24, 2.45) is 5.73 Å². The highest BCUT2D eigenvalue weighted by molar-refractivity contribution is 6.38. The van der Waals surface area contributed by atoms with E-state index >= 15 is 0 Å². The van der Waals surface area contributed by atoms with E-state index in [2.05, 4.69) is 10.2 Å². The van der Waals surface area contributed by atoms with Crippen LogP contribution in [0.5, 0.6) is 0 Å². The lowest BCUT2D eigenvalue weighted by Crippen LogP contribution is -2.47. The lowest BCUT2D eigenvalue weighted by Gasteiger charge is -2.17. The predicted molar refractivity (Wildman–Crippen MR) is 140 cm³/mol. The minimum atomic E-state index is -1.10. The molecule has 0 aliphatic heterocycles. The summed E-state index contributed by atoms with van der Waals surface area (Å²) in [6, 6.07) is 21.0. The van der Waals surface area contributed by atoms with Crippen LogP contribution in [-0.2, 0) is 22.6 Å². The number of nitrogens with zero attached hydrogens (tertiary/aromatic N) is 1. The predicted octanol–water partition coefficient (Wildman–Crippen LogP) is 3.97. The number of Topliss-reactive ketones (excluding diaryl/α,β-unsaturated/α-hetero) is 1. The summed E-state index contributed by atoms with van der Waals surface area (Å²) in [4.78, 5) is 39.3. The second-order valence-electron chi connectivity index (χ2n) is 8.46. The Morgan fingerprint density at radius 1 is 0.914 bits per heavy atom. The van der Waals surface area contributed by atoms with Crippen molar-refractivity contribution in [2.75, 3.05) is 14.1 Å². The summed E-state index contributed by atoms with van der Waals surface area (Å²) in [5, 5.41) is 3.06. The molecule has 0 spiro atoms. The van der Waals surface area contributed by atoms with Crippen molar-refractivity contribution >= 4 is 41.4 Å². The van der Waals surface area contributed by atoms with Gasteiger partial charge in [0.1, 0.15) is 6.04 Å². The molecule has 0 aliphatic rings. The Morgan fingerprint density at radius 3 is 2.23 bits per heavy atom. The highest BCUT2D eigenvalue weighted by atomic mass is 35.5. The number of hydrogen-bond donors (Lipinski definition) is 2. The van der Waals surface area contributed by atoms with Gasteiger partial charge in [-0.15, -0.1) is 0 Å². The van der Waals surface area contributed by atoms with Gasteiger partial charge in [0.05, 0.1) is 0 Å². The first-order valence-electron chi connectivity index (χ1n) is 11.1. The van der Waals surface area contributed by atoms with Crippen LogP contribution >= 0.6 is 11.6 Å². The Kier molecular flexibility index (Phi) is 8.95. The van der Waals surface area contributed by atoms with Crippen molar-refractivity contribution < 1.29 is 14.4 Å². The third kappa shape index (κ3) is 7.37. The van der Waals surface area contributed by atoms with Crippen LogP contribution in [0.1, 0.15) is 32.6 Å². The molecular formula is C28H28ClN3O3. The van der Waals surface area contributed by atoms with Gasteiger partial charge in [-0.05, 0) is 42.9 Å². The van der Waals surface area contributed by atoms with Crippen molar-refractivity contribution in [3.63, 3.8) is 0 Å². The zero-order chi connectivity index (χ0) is 25.4. The molecule has 2 amide bonds. The Bertz CT molecular complexity index is 1220. The van der Waals surface area contributed by atoms with Gasteiger partial charge in [0, 0.05) is 29.1 Å². The fourth-order valence-electron chi connectivity index (χ4n) is 3.65. The average molecular weight is 490 g/mol. The van der Waals surface area contributed by atoms with Crippen molar-refractivity contribution in [3.05, 3.63) is 106 Å². The highest BCUT2D eigenvalue weighted by Gasteiger charge is 2.26. The third-order valence-electron chi connectivity index (χ3n) is 5.37. The number of halogens is 1. The second-order valence-corrected chi connectivity index (χ2v) is 8.87. The number of hydrogen-bond acceptors (Lipinski definition) is 4. The van der Waals surface area contributed by atoms with Gasteiger partial charge in [0.2, 0.25) is 5.78 Å². The molecule has 3 aromatic rings. The molecule has 0 saturated heterocycles. The van der Waals surface area contributed by atoms with Crippen molar-refractivity contribution in [1.29, 1.82) is 0 Å². The molecule has 0 fully saturated rings. The van der Waals surface area contributed by atoms with E-state index in [1.807, 2.05) is 74.8 Å². The van der Waals surface area contributed by atoms with Crippen LogP contribution in [-0.4, -0.2) is 42.6 Å². The Labute approximate surface area is 210 Å². The zero-order valence-corrected chi connectivity index (χ0v) is 20.5. The number of nitrogens with one attached hydrogen (secondary N) is 1. The molecule has 1 unspecified atom stereocenters. The maximum Gasteiger partial charge on any atom is 0.287 e. The van der Waals surface area contributed by atoms with Gasteiger partial charge < -0.3 is 16.0 Å². The van der Waals surface area contributed by atoms with Crippen molar-refractivity contribution in [1.82, 2.24) is 10.2 Å². The monoisotopic (exact) mass is 489 g/mol. The Balaban J connectivity index is 1.84. The number of rotatable bonds is 10. The summed E-state index contributed by atoms with van der Waals surface area (Å²) >= 11 is 6.42. The fraction of sp³-hybridized carbons (Fsp3) is 0.179. The fourth-order valence-corrected chi connectivity index (χ4v) is 3.89. The summed E-state index contributed by atoms with van der Waals surface area (Å²) in [6.45, 7) is 0.840. The zero-order valence-electron chi connectivity index (χ0n) is 19.7. The molecule has 0 aliphatic carbocycles. The maximum atomic E-state index is 13.2. The number of benzene rings is 3. The van der Waals surface area contributed by atoms with E-state index in [1.54, 1.807) is 24.3 Å². The Morgan fingerprint density at radius 2 is 1.60 bits per heavy atom. The minimum Gasteiger partial charge on any atom is -0.363 e. The molecule has 3 N–H and O–H groups in total. The Hall–Kier alpha value is -3.74. The van der Waals surface area contributed by atoms with E-state index in [0.29, 0.717) is 10.6 Å². The van der Waals surface area contributed by atoms with Gasteiger partial charge in [-0.1, -0.05) is 84.4 Å². The third-order valence-corrected chi connectivity index (χ3v) is 5.70. The van der Waals surface area contributed by atoms with Crippen molar-refractivity contribution in [2.45, 2.75) is 19.0 Å². The quantitative estimate of drug-likeness (QED) is 0.333. The lowest BCUT2D eigenvalue weighted by molar-refractivity contribution is -0.137. The standard InChI is InChI=1S/C28H28ClN3O3/c1-32(2)18-21-13-11-19(12-14-21)15-16-22-23(9-6-10-24(22)29)28(35)31-25(26(33)27(30)34)17-20-7-4-3-5-8-20/h3-16,25H,17-18H2,1-2H3,(H2,30,34)(H,31,35)/b16-15+. The molecule has 1 atom stereocenters. The van der Waals surface area contributed by atoms with Gasteiger partial charge in [0.15, 0.2) is 0 Å². The van der Waals surface area contributed by atoms with E-state index in [0.717, 1.165) is 17.7 Å². The highest BCUT2D eigenvalue weighted by Crippen LogP contribution is 2.23. The number of carbonyl (C=O) groups is 3. The topological polar surface area (TPSA) is 92.5 Å². The summed E-state index contributed by atoms with van der Waals surface area (Å²) in [5.74, 6) is -2.49. The summed E-state index contributed by atoms with van der Waals surface area (Å²) in [5.41, 5.74) is 8.95. The van der Waals surface area contributed by atoms with Gasteiger partial charge >= 0.3 is 0 Å². The van der Waals surface area contributed by atoms with Crippen LogP contribution < -0.4 is 11.1 Å². The van der Waals surface area contributed by atoms with E-state index in [-0.39, 0.29) is 12.0 Å². The lowest BCUT2D eigenvalue weighted by atomic mass is 10.00. The van der Waals surface area contributed by atoms with Crippen LogP contribution in [0, 0.1) is 0 Å². The van der Waals surface area contributed by atoms with Gasteiger partial charge in [-0.3, -0.25) is 14.4 Å². The van der Waals surface area contributed by atoms with Crippen LogP contribution in [0.15, 0.2) is 72.8 Å². The number of ketones is 1. The molecule has 35 heavy (non-hydrogen) atoms. The van der Waals surface area contributed by atoms with Crippen molar-refractivity contribution in [3.8, 4) is 0 Å². The average Bonchev–Trinajstić information content (AvgIpc) is 2.83. The van der Waals surface area contributed by atoms with E-state index < -0.39 is 23.6 Å². The summed E-state index contributed by atoms with van der Waals surface area (Å²) in [7, 11) is 4.03. The smallest absolute Gasteiger partial charge is 0.287 e. The molecule has 0 bridgehead atoms. The first-order valence-corrected chi connectivity index (χ1v) is 11.5. The molecule has 6 nitrogen and oxygen atoms in total. The van der Waals surface area contributed by atoms with E-state index in [9.17, 15) is 14.4 Å². The normalized spacial score (nSPS) is 12.0. The molecule has 7 heteroatoms. The largest absolute Gasteiger partial charge is 0.363 e.